The van der Waals surface area contributed by atoms with Crippen LogP contribution in [-0.2, 0) is 0 Å². The van der Waals surface area contributed by atoms with Gasteiger partial charge >= 0.3 is 0 Å². The van der Waals surface area contributed by atoms with Gasteiger partial charge in [-0.05, 0) is 37.1 Å². The highest BCUT2D eigenvalue weighted by Gasteiger charge is 2.11. The number of nitrogens with two attached hydrogens (primary N) is 2. The Morgan fingerprint density at radius 2 is 1.92 bits per heavy atom. The molecule has 1 aromatic carbocycles. The topological polar surface area (TPSA) is 168 Å². The Labute approximate surface area is 221 Å². The van der Waals surface area contributed by atoms with Crippen LogP contribution in [0, 0.1) is 11.2 Å². The van der Waals surface area contributed by atoms with E-state index >= 15 is 0 Å². The minimum atomic E-state index is -0.535. The number of rotatable bonds is 4. The smallest absolute Gasteiger partial charge is 0.277 e. The number of primary amides is 1. The molecule has 9 nitrogen and oxygen atoms in total. The van der Waals surface area contributed by atoms with Crippen LogP contribution in [0.25, 0.3) is 28.1 Å². The molecule has 0 saturated heterocycles. The van der Waals surface area contributed by atoms with E-state index < -0.39 is 5.91 Å². The fourth-order valence-corrected chi connectivity index (χ4v) is 4.24. The van der Waals surface area contributed by atoms with E-state index in [0.717, 1.165) is 30.4 Å². The SMILES string of the molecule is N=C/C=C(\N)c1cc2nc(-c3ccccc3F)[nH]c2cn1.NC(=O)c1ncc(Cl)s1.OC1CCCCC1. The number of allylic oxidation sites excluding steroid dienone is 1. The summed E-state index contributed by atoms with van der Waals surface area (Å²) in [4.78, 5) is 25.5. The average molecular weight is 544 g/mol. The van der Waals surface area contributed by atoms with Crippen molar-refractivity contribution in [3.05, 3.63) is 69.7 Å². The van der Waals surface area contributed by atoms with E-state index in [4.69, 9.17) is 33.6 Å². The van der Waals surface area contributed by atoms with Crippen LogP contribution in [-0.4, -0.2) is 43.3 Å². The normalized spacial score (nSPS) is 13.8. The first-order valence-electron chi connectivity index (χ1n) is 11.4. The van der Waals surface area contributed by atoms with E-state index in [1.54, 1.807) is 30.5 Å². The maximum atomic E-state index is 13.8. The number of imidazole rings is 1. The van der Waals surface area contributed by atoms with Gasteiger partial charge in [-0.2, -0.15) is 0 Å². The number of nitrogens with zero attached hydrogens (tertiary/aromatic N) is 3. The molecule has 0 atom stereocenters. The number of aliphatic hydroxyl groups excluding tert-OH is 1. The minimum absolute atomic E-state index is 0.0359. The second kappa shape index (κ2) is 13.6. The number of carbonyl (C=O) groups is 1. The van der Waals surface area contributed by atoms with Crippen LogP contribution in [0.4, 0.5) is 4.39 Å². The molecule has 0 radical (unpaired) electrons. The zero-order valence-electron chi connectivity index (χ0n) is 19.8. The highest BCUT2D eigenvalue weighted by Crippen LogP contribution is 2.23. The van der Waals surface area contributed by atoms with Crippen molar-refractivity contribution in [2.45, 2.75) is 38.2 Å². The van der Waals surface area contributed by atoms with E-state index in [1.165, 1.54) is 37.6 Å². The highest BCUT2D eigenvalue weighted by molar-refractivity contribution is 7.17. The zero-order valence-corrected chi connectivity index (χ0v) is 21.4. The Kier molecular flexibility index (Phi) is 10.2. The van der Waals surface area contributed by atoms with Crippen molar-refractivity contribution in [3.8, 4) is 11.4 Å². The molecule has 194 valence electrons. The lowest BCUT2D eigenvalue weighted by Crippen LogP contribution is -2.09. The summed E-state index contributed by atoms with van der Waals surface area (Å²) in [5.41, 5.74) is 13.3. The summed E-state index contributed by atoms with van der Waals surface area (Å²) >= 11 is 6.53. The molecule has 3 aromatic heterocycles. The molecule has 4 aromatic rings. The lowest BCUT2D eigenvalue weighted by atomic mass is 9.98. The number of aliphatic hydroxyl groups is 1. The van der Waals surface area contributed by atoms with Crippen LogP contribution in [0.5, 0.6) is 0 Å². The van der Waals surface area contributed by atoms with Gasteiger partial charge < -0.3 is 27.0 Å². The number of hydrogen-bond acceptors (Lipinski definition) is 8. The van der Waals surface area contributed by atoms with Crippen molar-refractivity contribution in [2.24, 2.45) is 11.5 Å². The molecule has 1 saturated carbocycles. The van der Waals surface area contributed by atoms with Crippen LogP contribution in [0.15, 0.2) is 48.8 Å². The van der Waals surface area contributed by atoms with Crippen LogP contribution >= 0.6 is 22.9 Å². The van der Waals surface area contributed by atoms with E-state index in [9.17, 15) is 9.18 Å². The zero-order chi connectivity index (χ0) is 26.8. The predicted molar refractivity (Wildman–Crippen MR) is 145 cm³/mol. The largest absolute Gasteiger partial charge is 0.397 e. The first kappa shape index (κ1) is 27.9. The number of hydrogen-bond donors (Lipinski definition) is 5. The molecule has 0 unspecified atom stereocenters. The predicted octanol–water partition coefficient (Wildman–Crippen LogP) is 4.92. The first-order chi connectivity index (χ1) is 17.8. The first-order valence-corrected chi connectivity index (χ1v) is 12.6. The van der Waals surface area contributed by atoms with Gasteiger partial charge in [-0.15, -0.1) is 0 Å². The lowest BCUT2D eigenvalue weighted by molar-refractivity contribution is 0.1000. The Morgan fingerprint density at radius 1 is 1.19 bits per heavy atom. The summed E-state index contributed by atoms with van der Waals surface area (Å²) in [6.07, 6.45) is 11.4. The minimum Gasteiger partial charge on any atom is -0.397 e. The number of amides is 1. The molecule has 0 aliphatic heterocycles. The van der Waals surface area contributed by atoms with Crippen molar-refractivity contribution in [3.63, 3.8) is 0 Å². The number of pyridine rings is 1. The summed E-state index contributed by atoms with van der Waals surface area (Å²) in [5, 5.41) is 16.2. The molecule has 37 heavy (non-hydrogen) atoms. The van der Waals surface area contributed by atoms with Gasteiger partial charge in [0.15, 0.2) is 5.01 Å². The Hall–Kier alpha value is -3.67. The van der Waals surface area contributed by atoms with Crippen molar-refractivity contribution >= 4 is 51.8 Å². The molecule has 1 amide bonds. The molecule has 1 aliphatic carbocycles. The quantitative estimate of drug-likeness (QED) is 0.229. The van der Waals surface area contributed by atoms with E-state index in [-0.39, 0.29) is 16.9 Å². The number of nitrogens with one attached hydrogen (secondary N) is 2. The Balaban J connectivity index is 0.000000194. The standard InChI is InChI=1S/C15H12FN5.C6H12O.C4H3ClN2OS/c16-10-4-2-1-3-9(10)15-20-13-7-12(11(18)5-6-17)19-8-14(13)21-15;7-6-4-2-1-3-5-6;5-2-1-7-4(9-2)3(6)8/h1-8,17H,18H2,(H,20,21);6-7H,1-5H2;1H,(H2,6,8)/b11-5-,17-6?;;. The molecule has 3 heterocycles. The van der Waals surface area contributed by atoms with Crippen LogP contribution < -0.4 is 11.5 Å². The van der Waals surface area contributed by atoms with Gasteiger partial charge in [-0.1, -0.05) is 54.3 Å². The summed E-state index contributed by atoms with van der Waals surface area (Å²) in [6, 6.07) is 8.12. The van der Waals surface area contributed by atoms with Gasteiger partial charge in [0.1, 0.15) is 16.0 Å². The van der Waals surface area contributed by atoms with E-state index in [0.29, 0.717) is 38.1 Å². The third-order valence-electron chi connectivity index (χ3n) is 5.32. The van der Waals surface area contributed by atoms with Gasteiger partial charge in [0, 0.05) is 6.21 Å². The van der Waals surface area contributed by atoms with E-state index in [2.05, 4.69) is 19.9 Å². The second-order valence-electron chi connectivity index (χ2n) is 8.07. The fourth-order valence-electron chi connectivity index (χ4n) is 3.47. The second-order valence-corrected chi connectivity index (χ2v) is 9.73. The number of thiazole rings is 1. The third kappa shape index (κ3) is 8.17. The lowest BCUT2D eigenvalue weighted by Gasteiger charge is -2.14. The van der Waals surface area contributed by atoms with Crippen LogP contribution in [0.1, 0.15) is 47.6 Å². The van der Waals surface area contributed by atoms with Gasteiger partial charge in [0.2, 0.25) is 0 Å². The number of aromatic nitrogens is 4. The molecule has 5 rings (SSSR count). The number of aromatic amines is 1. The van der Waals surface area contributed by atoms with Gasteiger partial charge in [0.25, 0.3) is 5.91 Å². The number of H-pyrrole nitrogens is 1. The molecule has 0 bridgehead atoms. The molecule has 1 fully saturated rings. The third-order valence-corrected chi connectivity index (χ3v) is 6.45. The number of carbonyl (C=O) groups excluding carboxylic acids is 1. The molecular formula is C25H27ClFN7O2S. The van der Waals surface area contributed by atoms with Gasteiger partial charge in [0.05, 0.1) is 46.5 Å². The molecule has 1 aliphatic rings. The van der Waals surface area contributed by atoms with Crippen LogP contribution in [0.3, 0.4) is 0 Å². The number of fused-ring (bicyclic) bond motifs is 1. The Morgan fingerprint density at radius 3 is 2.46 bits per heavy atom. The summed E-state index contributed by atoms with van der Waals surface area (Å²) < 4.78 is 14.3. The van der Waals surface area contributed by atoms with Gasteiger partial charge in [-0.3, -0.25) is 9.78 Å². The monoisotopic (exact) mass is 543 g/mol. The van der Waals surface area contributed by atoms with Gasteiger partial charge in [-0.25, -0.2) is 14.4 Å². The Bertz CT molecular complexity index is 1380. The fraction of sp³-hybridized carbons (Fsp3) is 0.240. The highest BCUT2D eigenvalue weighted by atomic mass is 35.5. The maximum Gasteiger partial charge on any atom is 0.277 e. The van der Waals surface area contributed by atoms with Crippen molar-refractivity contribution < 1.29 is 14.3 Å². The average Bonchev–Trinajstić information content (AvgIpc) is 3.51. The molecule has 12 heteroatoms. The summed E-state index contributed by atoms with van der Waals surface area (Å²) in [5.74, 6) is -0.434. The summed E-state index contributed by atoms with van der Waals surface area (Å²) in [7, 11) is 0. The van der Waals surface area contributed by atoms with Crippen molar-refractivity contribution in [1.29, 1.82) is 5.41 Å². The van der Waals surface area contributed by atoms with Crippen molar-refractivity contribution in [1.82, 2.24) is 19.9 Å². The number of benzene rings is 1. The van der Waals surface area contributed by atoms with E-state index in [1.807, 2.05) is 0 Å². The number of halogens is 2. The van der Waals surface area contributed by atoms with Crippen LogP contribution in [0.2, 0.25) is 4.34 Å². The van der Waals surface area contributed by atoms with Crippen molar-refractivity contribution in [2.75, 3.05) is 0 Å². The molecule has 7 N–H and O–H groups in total. The maximum absolute atomic E-state index is 13.8. The summed E-state index contributed by atoms with van der Waals surface area (Å²) in [6.45, 7) is 0. The molecular weight excluding hydrogens is 517 g/mol. The molecule has 0 spiro atoms.